The number of aromatic nitrogens is 3. The molecule has 0 saturated carbocycles. The molecule has 0 fully saturated rings. The van der Waals surface area contributed by atoms with Crippen molar-refractivity contribution in [3.63, 3.8) is 0 Å². The van der Waals surface area contributed by atoms with Gasteiger partial charge in [-0.3, -0.25) is 0 Å². The second-order valence-corrected chi connectivity index (χ2v) is 4.36. The minimum Gasteiger partial charge on any atom is -0.370 e. The number of nitrogens with one attached hydrogen (secondary N) is 1. The first-order valence-corrected chi connectivity index (χ1v) is 6.32. The van der Waals surface area contributed by atoms with Gasteiger partial charge >= 0.3 is 0 Å². The van der Waals surface area contributed by atoms with Crippen LogP contribution in [0.15, 0.2) is 18.5 Å². The molecule has 0 radical (unpaired) electrons. The minimum atomic E-state index is 0.103. The number of pyridine rings is 1. The predicted molar refractivity (Wildman–Crippen MR) is 74.2 cm³/mol. The smallest absolute Gasteiger partial charge is 0.176 e. The van der Waals surface area contributed by atoms with Crippen LogP contribution in [0.2, 0.25) is 5.02 Å². The summed E-state index contributed by atoms with van der Waals surface area (Å²) in [7, 11) is 0. The van der Waals surface area contributed by atoms with E-state index < -0.39 is 0 Å². The summed E-state index contributed by atoms with van der Waals surface area (Å²) in [5.41, 5.74) is 0.925. The fraction of sp³-hybridized carbons (Fsp3) is 0.231. The summed E-state index contributed by atoms with van der Waals surface area (Å²) >= 11 is 6.11. The van der Waals surface area contributed by atoms with Gasteiger partial charge in [0.05, 0.1) is 23.6 Å². The van der Waals surface area contributed by atoms with Crippen molar-refractivity contribution in [1.29, 1.82) is 10.5 Å². The van der Waals surface area contributed by atoms with Gasteiger partial charge in [0.1, 0.15) is 18.0 Å². The SMILES string of the molecule is CCNc1ccc(Cl)c(Cn2cnc(C#N)c2C#N)n1. The number of hydrogen-bond donors (Lipinski definition) is 1. The van der Waals surface area contributed by atoms with Crippen LogP contribution in [0.1, 0.15) is 24.0 Å². The first kappa shape index (κ1) is 13.9. The Labute approximate surface area is 121 Å². The van der Waals surface area contributed by atoms with Gasteiger partial charge in [-0.15, -0.1) is 0 Å². The zero-order valence-corrected chi connectivity index (χ0v) is 11.5. The van der Waals surface area contributed by atoms with Crippen molar-refractivity contribution in [3.8, 4) is 12.1 Å². The highest BCUT2D eigenvalue weighted by Crippen LogP contribution is 2.19. The molecule has 2 heterocycles. The van der Waals surface area contributed by atoms with Gasteiger partial charge in [0.2, 0.25) is 0 Å². The van der Waals surface area contributed by atoms with Crippen molar-refractivity contribution in [2.45, 2.75) is 13.5 Å². The first-order chi connectivity index (χ1) is 9.69. The number of rotatable bonds is 4. The van der Waals surface area contributed by atoms with Gasteiger partial charge in [-0.2, -0.15) is 10.5 Å². The highest BCUT2D eigenvalue weighted by atomic mass is 35.5. The molecule has 0 bridgehead atoms. The van der Waals surface area contributed by atoms with Crippen molar-refractivity contribution in [3.05, 3.63) is 40.6 Å². The van der Waals surface area contributed by atoms with Crippen molar-refractivity contribution in [2.24, 2.45) is 0 Å². The summed E-state index contributed by atoms with van der Waals surface area (Å²) in [6.07, 6.45) is 1.44. The average Bonchev–Trinajstić information content (AvgIpc) is 2.84. The van der Waals surface area contributed by atoms with E-state index in [1.165, 1.54) is 6.33 Å². The Balaban J connectivity index is 2.35. The summed E-state index contributed by atoms with van der Waals surface area (Å²) in [6, 6.07) is 7.38. The molecule has 6 nitrogen and oxygen atoms in total. The average molecular weight is 287 g/mol. The Bertz CT molecular complexity index is 707. The minimum absolute atomic E-state index is 0.103. The normalized spacial score (nSPS) is 9.80. The summed E-state index contributed by atoms with van der Waals surface area (Å²) in [5.74, 6) is 0.714. The van der Waals surface area contributed by atoms with Gasteiger partial charge in [0, 0.05) is 6.54 Å². The van der Waals surface area contributed by atoms with Crippen LogP contribution in [0, 0.1) is 22.7 Å². The number of nitriles is 2. The highest BCUT2D eigenvalue weighted by Gasteiger charge is 2.12. The van der Waals surface area contributed by atoms with Gasteiger partial charge in [-0.25, -0.2) is 9.97 Å². The lowest BCUT2D eigenvalue weighted by Crippen LogP contribution is -2.07. The molecular formula is C13H11ClN6. The predicted octanol–water partition coefficient (Wildman–Crippen LogP) is 2.15. The van der Waals surface area contributed by atoms with E-state index in [2.05, 4.69) is 15.3 Å². The van der Waals surface area contributed by atoms with E-state index in [9.17, 15) is 0 Å². The molecular weight excluding hydrogens is 276 g/mol. The highest BCUT2D eigenvalue weighted by molar-refractivity contribution is 6.31. The molecule has 0 unspecified atom stereocenters. The molecule has 0 atom stereocenters. The second kappa shape index (κ2) is 6.05. The lowest BCUT2D eigenvalue weighted by atomic mass is 10.3. The Kier molecular flexibility index (Phi) is 4.19. The lowest BCUT2D eigenvalue weighted by Gasteiger charge is -2.08. The zero-order chi connectivity index (χ0) is 14.5. The molecule has 2 aromatic rings. The Morgan fingerprint density at radius 2 is 2.15 bits per heavy atom. The van der Waals surface area contributed by atoms with Crippen LogP contribution in [0.3, 0.4) is 0 Å². The van der Waals surface area contributed by atoms with Gasteiger partial charge < -0.3 is 9.88 Å². The maximum absolute atomic E-state index is 9.08. The van der Waals surface area contributed by atoms with Gasteiger partial charge in [-0.05, 0) is 19.1 Å². The second-order valence-electron chi connectivity index (χ2n) is 3.95. The van der Waals surface area contributed by atoms with Crippen LogP contribution in [0.25, 0.3) is 0 Å². The van der Waals surface area contributed by atoms with Crippen LogP contribution >= 0.6 is 11.6 Å². The fourth-order valence-electron chi connectivity index (χ4n) is 1.74. The number of imidazole rings is 1. The van der Waals surface area contributed by atoms with Crippen molar-refractivity contribution in [1.82, 2.24) is 14.5 Å². The summed E-state index contributed by atoms with van der Waals surface area (Å²) in [5, 5.41) is 21.5. The van der Waals surface area contributed by atoms with Crippen LogP contribution in [0.4, 0.5) is 5.82 Å². The molecule has 0 aliphatic rings. The van der Waals surface area contributed by atoms with E-state index in [-0.39, 0.29) is 17.9 Å². The van der Waals surface area contributed by atoms with Crippen molar-refractivity contribution < 1.29 is 0 Å². The summed E-state index contributed by atoms with van der Waals surface area (Å²) < 4.78 is 1.56. The van der Waals surface area contributed by atoms with E-state index in [1.807, 2.05) is 19.1 Å². The lowest BCUT2D eigenvalue weighted by molar-refractivity contribution is 0.763. The molecule has 0 aliphatic carbocycles. The number of nitrogens with zero attached hydrogens (tertiary/aromatic N) is 5. The third kappa shape index (κ3) is 2.71. The molecule has 2 aromatic heterocycles. The quantitative estimate of drug-likeness (QED) is 0.930. The largest absolute Gasteiger partial charge is 0.370 e. The Morgan fingerprint density at radius 1 is 1.35 bits per heavy atom. The maximum atomic E-state index is 9.08. The summed E-state index contributed by atoms with van der Waals surface area (Å²) in [4.78, 5) is 8.27. The van der Waals surface area contributed by atoms with Crippen LogP contribution < -0.4 is 5.32 Å². The van der Waals surface area contributed by atoms with E-state index >= 15 is 0 Å². The van der Waals surface area contributed by atoms with Gasteiger partial charge in [0.25, 0.3) is 0 Å². The maximum Gasteiger partial charge on any atom is 0.176 e. The molecule has 2 rings (SSSR count). The van der Waals surface area contributed by atoms with Crippen LogP contribution in [0.5, 0.6) is 0 Å². The van der Waals surface area contributed by atoms with E-state index in [0.717, 1.165) is 6.54 Å². The van der Waals surface area contributed by atoms with Gasteiger partial charge in [-0.1, -0.05) is 11.6 Å². The number of anilines is 1. The van der Waals surface area contributed by atoms with Gasteiger partial charge in [0.15, 0.2) is 11.4 Å². The molecule has 0 saturated heterocycles. The molecule has 0 amide bonds. The molecule has 7 heteroatoms. The fourth-order valence-corrected chi connectivity index (χ4v) is 1.90. The Hall–Kier alpha value is -2.57. The molecule has 20 heavy (non-hydrogen) atoms. The molecule has 1 N–H and O–H groups in total. The topological polar surface area (TPSA) is 90.3 Å². The Morgan fingerprint density at radius 3 is 2.80 bits per heavy atom. The first-order valence-electron chi connectivity index (χ1n) is 5.94. The third-order valence-electron chi connectivity index (χ3n) is 2.65. The number of halogens is 1. The molecule has 0 aliphatic heterocycles. The van der Waals surface area contributed by atoms with Crippen LogP contribution in [-0.2, 0) is 6.54 Å². The monoisotopic (exact) mass is 286 g/mol. The number of hydrogen-bond acceptors (Lipinski definition) is 5. The van der Waals surface area contributed by atoms with Crippen molar-refractivity contribution in [2.75, 3.05) is 11.9 Å². The standard InChI is InChI=1S/C13H11ClN6/c1-2-17-13-4-3-9(14)11(19-13)7-20-8-18-10(5-15)12(20)6-16/h3-4,8H,2,7H2,1H3,(H,17,19). The third-order valence-corrected chi connectivity index (χ3v) is 2.99. The van der Waals surface area contributed by atoms with Crippen LogP contribution in [-0.4, -0.2) is 21.1 Å². The van der Waals surface area contributed by atoms with E-state index in [0.29, 0.717) is 16.5 Å². The zero-order valence-electron chi connectivity index (χ0n) is 10.8. The van der Waals surface area contributed by atoms with Crippen molar-refractivity contribution >= 4 is 17.4 Å². The molecule has 100 valence electrons. The molecule has 0 spiro atoms. The van der Waals surface area contributed by atoms with E-state index in [4.69, 9.17) is 22.1 Å². The molecule has 0 aromatic carbocycles. The van der Waals surface area contributed by atoms with E-state index in [1.54, 1.807) is 16.7 Å². The summed E-state index contributed by atoms with van der Waals surface area (Å²) in [6.45, 7) is 3.01.